The predicted octanol–water partition coefficient (Wildman–Crippen LogP) is 3.97. The summed E-state index contributed by atoms with van der Waals surface area (Å²) in [5, 5.41) is 0. The molecule has 2 nitrogen and oxygen atoms in total. The Balaban J connectivity index is 1.96. The lowest BCUT2D eigenvalue weighted by Gasteiger charge is -2.30. The lowest BCUT2D eigenvalue weighted by molar-refractivity contribution is 0.160. The number of aryl methyl sites for hydroxylation is 2. The molecule has 0 amide bonds. The van der Waals surface area contributed by atoms with Crippen LogP contribution >= 0.6 is 0 Å². The molecule has 0 aliphatic carbocycles. The summed E-state index contributed by atoms with van der Waals surface area (Å²) < 4.78 is 19.3. The molecule has 0 aromatic heterocycles. The molecule has 20 heavy (non-hydrogen) atoms. The summed E-state index contributed by atoms with van der Waals surface area (Å²) in [6.45, 7) is 4.16. The lowest BCUT2D eigenvalue weighted by atomic mass is 9.92. The monoisotopic (exact) mass is 271 g/mol. The van der Waals surface area contributed by atoms with Gasteiger partial charge < -0.3 is 10.5 Å². The average Bonchev–Trinajstić information content (AvgIpc) is 2.41. The zero-order valence-corrected chi connectivity index (χ0v) is 11.7. The third-order valence-corrected chi connectivity index (χ3v) is 4.02. The van der Waals surface area contributed by atoms with E-state index in [0.29, 0.717) is 12.2 Å². The topological polar surface area (TPSA) is 35.2 Å². The Morgan fingerprint density at radius 1 is 1.10 bits per heavy atom. The van der Waals surface area contributed by atoms with E-state index in [2.05, 4.69) is 32.0 Å². The number of nitrogens with two attached hydrogens (primary N) is 1. The fraction of sp³-hybridized carbons (Fsp3) is 0.294. The maximum absolute atomic E-state index is 13.3. The van der Waals surface area contributed by atoms with Gasteiger partial charge in [-0.15, -0.1) is 0 Å². The van der Waals surface area contributed by atoms with Gasteiger partial charge in [-0.1, -0.05) is 24.3 Å². The molecule has 2 atom stereocenters. The summed E-state index contributed by atoms with van der Waals surface area (Å²) in [7, 11) is 0. The molecular weight excluding hydrogens is 253 g/mol. The van der Waals surface area contributed by atoms with Gasteiger partial charge in [-0.25, -0.2) is 4.39 Å². The van der Waals surface area contributed by atoms with Crippen LogP contribution in [0.25, 0.3) is 0 Å². The summed E-state index contributed by atoms with van der Waals surface area (Å²) in [5.41, 5.74) is 10.6. The van der Waals surface area contributed by atoms with Crippen molar-refractivity contribution in [3.63, 3.8) is 0 Å². The first kappa shape index (κ1) is 13.1. The first-order valence-corrected chi connectivity index (χ1v) is 6.83. The molecule has 0 radical (unpaired) electrons. The minimum absolute atomic E-state index is 0.112. The van der Waals surface area contributed by atoms with Gasteiger partial charge in [-0.3, -0.25) is 0 Å². The van der Waals surface area contributed by atoms with Crippen molar-refractivity contribution in [2.45, 2.75) is 32.4 Å². The number of hydrogen-bond donors (Lipinski definition) is 1. The van der Waals surface area contributed by atoms with Crippen LogP contribution in [-0.2, 0) is 0 Å². The number of halogens is 1. The van der Waals surface area contributed by atoms with Crippen molar-refractivity contribution < 1.29 is 9.13 Å². The van der Waals surface area contributed by atoms with Crippen molar-refractivity contribution in [2.75, 3.05) is 0 Å². The molecule has 0 spiro atoms. The van der Waals surface area contributed by atoms with Gasteiger partial charge in [-0.2, -0.15) is 0 Å². The largest absolute Gasteiger partial charge is 0.485 e. The van der Waals surface area contributed by atoms with E-state index >= 15 is 0 Å². The number of fused-ring (bicyclic) bond motifs is 1. The van der Waals surface area contributed by atoms with Crippen LogP contribution < -0.4 is 10.5 Å². The maximum atomic E-state index is 13.3. The Morgan fingerprint density at radius 3 is 2.65 bits per heavy atom. The summed E-state index contributed by atoms with van der Waals surface area (Å²) in [4.78, 5) is 0. The summed E-state index contributed by atoms with van der Waals surface area (Å²) in [5.74, 6) is 0.267. The third kappa shape index (κ3) is 2.29. The van der Waals surface area contributed by atoms with Crippen LogP contribution in [0.5, 0.6) is 5.75 Å². The molecule has 0 saturated carbocycles. The smallest absolute Gasteiger partial charge is 0.127 e. The normalized spacial score (nSPS) is 21.2. The molecule has 1 unspecified atom stereocenters. The molecule has 0 fully saturated rings. The highest BCUT2D eigenvalue weighted by atomic mass is 19.1. The molecule has 2 N–H and O–H groups in total. The van der Waals surface area contributed by atoms with E-state index in [-0.39, 0.29) is 18.0 Å². The number of ether oxygens (including phenoxy) is 1. The van der Waals surface area contributed by atoms with Crippen LogP contribution in [-0.4, -0.2) is 0 Å². The van der Waals surface area contributed by atoms with E-state index in [4.69, 9.17) is 10.5 Å². The van der Waals surface area contributed by atoms with Crippen molar-refractivity contribution in [1.82, 2.24) is 0 Å². The Labute approximate surface area is 118 Å². The van der Waals surface area contributed by atoms with Crippen molar-refractivity contribution in [3.05, 3.63) is 64.5 Å². The molecular formula is C17H18FNO. The average molecular weight is 271 g/mol. The Hall–Kier alpha value is -1.87. The zero-order chi connectivity index (χ0) is 14.3. The summed E-state index contributed by atoms with van der Waals surface area (Å²) in [6.07, 6.45) is 0.597. The lowest BCUT2D eigenvalue weighted by Crippen LogP contribution is -2.24. The maximum Gasteiger partial charge on any atom is 0.127 e. The molecule has 1 aliphatic rings. The zero-order valence-electron chi connectivity index (χ0n) is 11.7. The van der Waals surface area contributed by atoms with Gasteiger partial charge >= 0.3 is 0 Å². The standard InChI is InChI=1S/C17H18FNO/c1-10-3-4-12(7-11(10)2)16-9-15(19)14-6-5-13(18)8-17(14)20-16/h3-8,15-16H,9,19H2,1-2H3/t15-,16?/m1/s1. The fourth-order valence-electron chi connectivity index (χ4n) is 2.64. The van der Waals surface area contributed by atoms with Crippen LogP contribution in [0.1, 0.15) is 40.8 Å². The first-order valence-electron chi connectivity index (χ1n) is 6.83. The minimum atomic E-state index is -0.295. The van der Waals surface area contributed by atoms with Crippen molar-refractivity contribution >= 4 is 0 Å². The van der Waals surface area contributed by atoms with Gasteiger partial charge in [-0.05, 0) is 36.6 Å². The van der Waals surface area contributed by atoms with Gasteiger partial charge in [0.1, 0.15) is 17.7 Å². The number of rotatable bonds is 1. The minimum Gasteiger partial charge on any atom is -0.485 e. The Kier molecular flexibility index (Phi) is 3.22. The van der Waals surface area contributed by atoms with Gasteiger partial charge in [0.05, 0.1) is 0 Å². The first-order chi connectivity index (χ1) is 9.54. The summed E-state index contributed by atoms with van der Waals surface area (Å²) in [6, 6.07) is 10.7. The van der Waals surface area contributed by atoms with Crippen LogP contribution in [0, 0.1) is 19.7 Å². The molecule has 0 bridgehead atoms. The van der Waals surface area contributed by atoms with E-state index in [1.807, 2.05) is 0 Å². The second kappa shape index (κ2) is 4.91. The number of benzene rings is 2. The van der Waals surface area contributed by atoms with E-state index in [1.165, 1.54) is 23.3 Å². The van der Waals surface area contributed by atoms with E-state index in [9.17, 15) is 4.39 Å². The van der Waals surface area contributed by atoms with Gasteiger partial charge in [0, 0.05) is 24.1 Å². The number of hydrogen-bond acceptors (Lipinski definition) is 2. The van der Waals surface area contributed by atoms with Crippen LogP contribution in [0.3, 0.4) is 0 Å². The molecule has 1 heterocycles. The van der Waals surface area contributed by atoms with E-state index < -0.39 is 0 Å². The Morgan fingerprint density at radius 2 is 1.90 bits per heavy atom. The van der Waals surface area contributed by atoms with Gasteiger partial charge in [0.15, 0.2) is 0 Å². The predicted molar refractivity (Wildman–Crippen MR) is 77.2 cm³/mol. The highest BCUT2D eigenvalue weighted by Crippen LogP contribution is 2.40. The van der Waals surface area contributed by atoms with Gasteiger partial charge in [0.2, 0.25) is 0 Å². The molecule has 104 valence electrons. The van der Waals surface area contributed by atoms with Crippen LogP contribution in [0.4, 0.5) is 4.39 Å². The highest BCUT2D eigenvalue weighted by Gasteiger charge is 2.27. The SMILES string of the molecule is Cc1ccc(C2C[C@@H](N)c3ccc(F)cc3O2)cc1C. The fourth-order valence-corrected chi connectivity index (χ4v) is 2.64. The molecule has 1 aliphatic heterocycles. The second-order valence-corrected chi connectivity index (χ2v) is 5.47. The molecule has 3 rings (SSSR count). The van der Waals surface area contributed by atoms with Crippen molar-refractivity contribution in [3.8, 4) is 5.75 Å². The van der Waals surface area contributed by atoms with E-state index in [1.54, 1.807) is 6.07 Å². The third-order valence-electron chi connectivity index (χ3n) is 4.02. The quantitative estimate of drug-likeness (QED) is 0.852. The molecule has 0 saturated heterocycles. The molecule has 2 aromatic carbocycles. The summed E-state index contributed by atoms with van der Waals surface area (Å²) >= 11 is 0. The van der Waals surface area contributed by atoms with Crippen LogP contribution in [0.2, 0.25) is 0 Å². The van der Waals surface area contributed by atoms with Crippen molar-refractivity contribution in [2.24, 2.45) is 5.73 Å². The highest BCUT2D eigenvalue weighted by molar-refractivity contribution is 5.40. The van der Waals surface area contributed by atoms with E-state index in [0.717, 1.165) is 11.1 Å². The van der Waals surface area contributed by atoms with Crippen LogP contribution in [0.15, 0.2) is 36.4 Å². The molecule has 3 heteroatoms. The second-order valence-electron chi connectivity index (χ2n) is 5.47. The van der Waals surface area contributed by atoms with Gasteiger partial charge in [0.25, 0.3) is 0 Å². The Bertz CT molecular complexity index is 653. The van der Waals surface area contributed by atoms with Crippen molar-refractivity contribution in [1.29, 1.82) is 0 Å². The molecule has 2 aromatic rings.